The van der Waals surface area contributed by atoms with Gasteiger partial charge in [-0.05, 0) is 68.8 Å². The quantitative estimate of drug-likeness (QED) is 0.335. The minimum absolute atomic E-state index is 0. The lowest BCUT2D eigenvalue weighted by Crippen LogP contribution is -2.28. The number of ether oxygens (including phenoxy) is 1. The molecule has 4 nitrogen and oxygen atoms in total. The van der Waals surface area contributed by atoms with Gasteiger partial charge in [-0.25, -0.2) is 4.98 Å². The molecule has 0 N–H and O–H groups in total. The third kappa shape index (κ3) is 7.06. The lowest BCUT2D eigenvalue weighted by atomic mass is 10.2. The Bertz CT molecular complexity index is 791. The van der Waals surface area contributed by atoms with Crippen molar-refractivity contribution < 1.29 is 4.74 Å². The fourth-order valence-corrected chi connectivity index (χ4v) is 3.37. The van der Waals surface area contributed by atoms with Gasteiger partial charge in [-0.2, -0.15) is 0 Å². The number of benzene rings is 1. The van der Waals surface area contributed by atoms with Crippen LogP contribution in [0.25, 0.3) is 16.9 Å². The topological polar surface area (TPSA) is 29.8 Å². The maximum atomic E-state index is 5.96. The number of hydrogen-bond donors (Lipinski definition) is 0. The molecule has 2 aromatic heterocycles. The molecule has 0 amide bonds. The first-order valence-electron chi connectivity index (χ1n) is 10.7. The van der Waals surface area contributed by atoms with Gasteiger partial charge in [-0.3, -0.25) is 0 Å². The number of rotatable bonds is 12. The van der Waals surface area contributed by atoms with Gasteiger partial charge in [0.1, 0.15) is 11.4 Å². The highest BCUT2D eigenvalue weighted by Crippen LogP contribution is 2.22. The molecule has 0 radical (unpaired) electrons. The number of pyridine rings is 1. The normalized spacial score (nSPS) is 11.0. The zero-order chi connectivity index (χ0) is 19.6. The van der Waals surface area contributed by atoms with Crippen LogP contribution in [0.15, 0.2) is 54.9 Å². The van der Waals surface area contributed by atoms with E-state index < -0.39 is 0 Å². The number of unbranched alkanes of at least 4 members (excludes halogenated alkanes) is 2. The van der Waals surface area contributed by atoms with Crippen LogP contribution in [0.2, 0.25) is 0 Å². The van der Waals surface area contributed by atoms with E-state index in [4.69, 9.17) is 4.74 Å². The van der Waals surface area contributed by atoms with E-state index in [0.29, 0.717) is 0 Å². The van der Waals surface area contributed by atoms with Crippen LogP contribution in [0.4, 0.5) is 0 Å². The Labute approximate surface area is 181 Å². The van der Waals surface area contributed by atoms with Crippen LogP contribution in [0, 0.1) is 0 Å². The van der Waals surface area contributed by atoms with Gasteiger partial charge in [0.2, 0.25) is 0 Å². The van der Waals surface area contributed by atoms with Crippen LogP contribution in [-0.2, 0) is 0 Å². The maximum Gasteiger partial charge on any atom is 0.137 e. The van der Waals surface area contributed by atoms with E-state index in [1.165, 1.54) is 38.8 Å². The summed E-state index contributed by atoms with van der Waals surface area (Å²) in [5, 5.41) is 0. The number of imidazole rings is 1. The second-order valence-electron chi connectivity index (χ2n) is 7.37. The number of halogens is 1. The molecule has 0 spiro atoms. The fourth-order valence-electron chi connectivity index (χ4n) is 3.37. The summed E-state index contributed by atoms with van der Waals surface area (Å²) < 4.78 is 8.01. The fraction of sp³-hybridized carbons (Fsp3) is 0.458. The molecule has 3 aromatic rings. The minimum atomic E-state index is 0. The van der Waals surface area contributed by atoms with Gasteiger partial charge in [-0.15, -0.1) is 12.4 Å². The second-order valence-corrected chi connectivity index (χ2v) is 7.37. The van der Waals surface area contributed by atoms with Gasteiger partial charge in [0.05, 0.1) is 12.3 Å². The molecule has 0 saturated heterocycles. The van der Waals surface area contributed by atoms with E-state index in [1.807, 2.05) is 40.9 Å². The highest BCUT2D eigenvalue weighted by atomic mass is 35.5. The standard InChI is InChI=1S/C24H33N3O.ClH/c1-3-5-15-26(16-6-4-2)17-9-19-28-22-13-11-21(12-14-22)23-20-27-18-8-7-10-24(27)25-23;/h7-8,10-14,18,20H,3-6,9,15-17,19H2,1-2H3;1H. The van der Waals surface area contributed by atoms with Crippen molar-refractivity contribution in [3.05, 3.63) is 54.9 Å². The molecule has 0 fully saturated rings. The van der Waals surface area contributed by atoms with Crippen LogP contribution >= 0.6 is 12.4 Å². The number of hydrogen-bond acceptors (Lipinski definition) is 3. The van der Waals surface area contributed by atoms with Crippen LogP contribution < -0.4 is 4.74 Å². The first-order chi connectivity index (χ1) is 13.8. The average Bonchev–Trinajstić information content (AvgIpc) is 3.17. The van der Waals surface area contributed by atoms with E-state index in [0.717, 1.165) is 42.2 Å². The Morgan fingerprint density at radius 3 is 2.24 bits per heavy atom. The van der Waals surface area contributed by atoms with Crippen molar-refractivity contribution in [2.45, 2.75) is 46.0 Å². The van der Waals surface area contributed by atoms with Crippen molar-refractivity contribution in [2.24, 2.45) is 0 Å². The van der Waals surface area contributed by atoms with Crippen LogP contribution in [0.5, 0.6) is 5.75 Å². The largest absolute Gasteiger partial charge is 0.494 e. The second kappa shape index (κ2) is 12.5. The molecule has 0 saturated carbocycles. The Hall–Kier alpha value is -2.04. The summed E-state index contributed by atoms with van der Waals surface area (Å²) in [5.74, 6) is 0.932. The van der Waals surface area contributed by atoms with Crippen molar-refractivity contribution in [1.29, 1.82) is 0 Å². The summed E-state index contributed by atoms with van der Waals surface area (Å²) in [7, 11) is 0. The molecule has 0 atom stereocenters. The first kappa shape index (κ1) is 23.2. The summed E-state index contributed by atoms with van der Waals surface area (Å²) in [4.78, 5) is 7.26. The van der Waals surface area contributed by atoms with E-state index >= 15 is 0 Å². The summed E-state index contributed by atoms with van der Waals surface area (Å²) in [6.45, 7) is 8.84. The molecular formula is C24H34ClN3O. The number of fused-ring (bicyclic) bond motifs is 1. The summed E-state index contributed by atoms with van der Waals surface area (Å²) >= 11 is 0. The van der Waals surface area contributed by atoms with Crippen molar-refractivity contribution in [1.82, 2.24) is 14.3 Å². The third-order valence-electron chi connectivity index (χ3n) is 5.06. The summed E-state index contributed by atoms with van der Waals surface area (Å²) in [5.41, 5.74) is 3.06. The molecule has 5 heteroatoms. The molecule has 0 aliphatic heterocycles. The van der Waals surface area contributed by atoms with Crippen molar-refractivity contribution in [2.75, 3.05) is 26.2 Å². The third-order valence-corrected chi connectivity index (χ3v) is 5.06. The van der Waals surface area contributed by atoms with Gasteiger partial charge in [0.25, 0.3) is 0 Å². The maximum absolute atomic E-state index is 5.96. The molecule has 3 rings (SSSR count). The lowest BCUT2D eigenvalue weighted by molar-refractivity contribution is 0.229. The molecule has 0 bridgehead atoms. The summed E-state index contributed by atoms with van der Waals surface area (Å²) in [6.07, 6.45) is 10.3. The van der Waals surface area contributed by atoms with Crippen molar-refractivity contribution in [3.8, 4) is 17.0 Å². The molecule has 0 aliphatic carbocycles. The van der Waals surface area contributed by atoms with Crippen molar-refractivity contribution in [3.63, 3.8) is 0 Å². The van der Waals surface area contributed by atoms with Gasteiger partial charge < -0.3 is 14.0 Å². The number of aromatic nitrogens is 2. The first-order valence-corrected chi connectivity index (χ1v) is 10.7. The molecule has 1 aromatic carbocycles. The Morgan fingerprint density at radius 2 is 1.59 bits per heavy atom. The smallest absolute Gasteiger partial charge is 0.137 e. The molecule has 0 unspecified atom stereocenters. The molecule has 158 valence electrons. The van der Waals surface area contributed by atoms with Crippen molar-refractivity contribution >= 4 is 18.1 Å². The lowest BCUT2D eigenvalue weighted by Gasteiger charge is -2.21. The van der Waals surface area contributed by atoms with E-state index in [-0.39, 0.29) is 12.4 Å². The van der Waals surface area contributed by atoms with E-state index in [2.05, 4.69) is 42.1 Å². The Balaban J connectivity index is 0.00000300. The Kier molecular flexibility index (Phi) is 10.0. The van der Waals surface area contributed by atoms with Crippen LogP contribution in [0.3, 0.4) is 0 Å². The highest BCUT2D eigenvalue weighted by Gasteiger charge is 2.06. The van der Waals surface area contributed by atoms with Gasteiger partial charge >= 0.3 is 0 Å². The number of nitrogens with zero attached hydrogens (tertiary/aromatic N) is 3. The Morgan fingerprint density at radius 1 is 0.897 bits per heavy atom. The zero-order valence-electron chi connectivity index (χ0n) is 17.7. The molecule has 29 heavy (non-hydrogen) atoms. The zero-order valence-corrected chi connectivity index (χ0v) is 18.5. The van der Waals surface area contributed by atoms with Gasteiger partial charge in [0, 0.05) is 24.5 Å². The SMILES string of the molecule is CCCCN(CCCC)CCCOc1ccc(-c2cn3ccccc3n2)cc1.Cl. The van der Waals surface area contributed by atoms with E-state index in [1.54, 1.807) is 0 Å². The van der Waals surface area contributed by atoms with Crippen LogP contribution in [-0.4, -0.2) is 40.5 Å². The highest BCUT2D eigenvalue weighted by molar-refractivity contribution is 5.85. The average molecular weight is 416 g/mol. The van der Waals surface area contributed by atoms with E-state index in [9.17, 15) is 0 Å². The van der Waals surface area contributed by atoms with Gasteiger partial charge in [-0.1, -0.05) is 32.8 Å². The van der Waals surface area contributed by atoms with Crippen LogP contribution in [0.1, 0.15) is 46.0 Å². The molecule has 2 heterocycles. The predicted molar refractivity (Wildman–Crippen MR) is 124 cm³/mol. The summed E-state index contributed by atoms with van der Waals surface area (Å²) in [6, 6.07) is 14.3. The van der Waals surface area contributed by atoms with Gasteiger partial charge in [0.15, 0.2) is 0 Å². The monoisotopic (exact) mass is 415 g/mol. The molecular weight excluding hydrogens is 382 g/mol. The minimum Gasteiger partial charge on any atom is -0.494 e. The molecule has 0 aliphatic rings. The predicted octanol–water partition coefficient (Wildman–Crippen LogP) is 6.09.